The van der Waals surface area contributed by atoms with Crippen LogP contribution in [0, 0.1) is 6.92 Å². The highest BCUT2D eigenvalue weighted by Crippen LogP contribution is 2.25. The van der Waals surface area contributed by atoms with E-state index in [2.05, 4.69) is 41.2 Å². The molecule has 0 saturated carbocycles. The molecule has 0 unspecified atom stereocenters. The third-order valence-electron chi connectivity index (χ3n) is 3.45. The summed E-state index contributed by atoms with van der Waals surface area (Å²) >= 11 is 0. The quantitative estimate of drug-likeness (QED) is 0.791. The van der Waals surface area contributed by atoms with Crippen molar-refractivity contribution >= 4 is 10.9 Å². The second-order valence-electron chi connectivity index (χ2n) is 4.53. The zero-order valence-electron chi connectivity index (χ0n) is 9.61. The molecule has 16 heavy (non-hydrogen) atoms. The van der Waals surface area contributed by atoms with E-state index in [-0.39, 0.29) is 0 Å². The second-order valence-corrected chi connectivity index (χ2v) is 4.53. The zero-order chi connectivity index (χ0) is 11.0. The standard InChI is InChI=1S/C13H17N3/c1-10-12-4-2-3-5-13(12)16(15-10)11-6-8-14-9-7-11/h2-5,11,14H,6-9H2,1H3. The van der Waals surface area contributed by atoms with Crippen LogP contribution in [0.15, 0.2) is 24.3 Å². The van der Waals surface area contributed by atoms with Gasteiger partial charge in [0.1, 0.15) is 0 Å². The van der Waals surface area contributed by atoms with Crippen LogP contribution in [0.2, 0.25) is 0 Å². The lowest BCUT2D eigenvalue weighted by Gasteiger charge is -2.23. The number of hydrogen-bond donors (Lipinski definition) is 1. The van der Waals surface area contributed by atoms with Gasteiger partial charge in [-0.25, -0.2) is 0 Å². The fourth-order valence-electron chi connectivity index (χ4n) is 2.58. The Morgan fingerprint density at radius 3 is 2.81 bits per heavy atom. The highest BCUT2D eigenvalue weighted by molar-refractivity contribution is 5.81. The molecule has 3 rings (SSSR count). The highest BCUT2D eigenvalue weighted by atomic mass is 15.3. The molecule has 2 aromatic rings. The number of benzene rings is 1. The zero-order valence-corrected chi connectivity index (χ0v) is 9.61. The molecule has 1 aromatic heterocycles. The van der Waals surface area contributed by atoms with Crippen LogP contribution in [0.1, 0.15) is 24.6 Å². The Hall–Kier alpha value is -1.35. The first-order valence-corrected chi connectivity index (χ1v) is 6.01. The fraction of sp³-hybridized carbons (Fsp3) is 0.462. The van der Waals surface area contributed by atoms with E-state index < -0.39 is 0 Å². The topological polar surface area (TPSA) is 29.9 Å². The fourth-order valence-corrected chi connectivity index (χ4v) is 2.58. The molecule has 1 aliphatic rings. The Balaban J connectivity index is 2.08. The first kappa shape index (κ1) is 9.85. The number of aryl methyl sites for hydroxylation is 1. The second kappa shape index (κ2) is 3.91. The van der Waals surface area contributed by atoms with Crippen molar-refractivity contribution in [2.24, 2.45) is 0 Å². The number of rotatable bonds is 1. The van der Waals surface area contributed by atoms with Gasteiger partial charge in [0.05, 0.1) is 17.3 Å². The van der Waals surface area contributed by atoms with Crippen molar-refractivity contribution in [3.8, 4) is 0 Å². The number of aromatic nitrogens is 2. The molecular formula is C13H17N3. The molecule has 0 bridgehead atoms. The van der Waals surface area contributed by atoms with Crippen LogP contribution in [0.4, 0.5) is 0 Å². The maximum atomic E-state index is 4.70. The molecule has 1 N–H and O–H groups in total. The lowest BCUT2D eigenvalue weighted by atomic mass is 10.1. The normalized spacial score (nSPS) is 18.1. The number of hydrogen-bond acceptors (Lipinski definition) is 2. The molecule has 0 radical (unpaired) electrons. The van der Waals surface area contributed by atoms with Crippen molar-refractivity contribution in [3.63, 3.8) is 0 Å². The average molecular weight is 215 g/mol. The Morgan fingerprint density at radius 2 is 2.00 bits per heavy atom. The van der Waals surface area contributed by atoms with E-state index in [0.29, 0.717) is 6.04 Å². The van der Waals surface area contributed by atoms with Crippen molar-refractivity contribution in [1.82, 2.24) is 15.1 Å². The lowest BCUT2D eigenvalue weighted by molar-refractivity contribution is 0.350. The first-order valence-electron chi connectivity index (χ1n) is 6.01. The van der Waals surface area contributed by atoms with Crippen LogP contribution >= 0.6 is 0 Å². The summed E-state index contributed by atoms with van der Waals surface area (Å²) in [6.07, 6.45) is 2.37. The Labute approximate surface area is 95.5 Å². The molecule has 84 valence electrons. The van der Waals surface area contributed by atoms with Gasteiger partial charge in [0.15, 0.2) is 0 Å². The van der Waals surface area contributed by atoms with Crippen LogP contribution < -0.4 is 5.32 Å². The van der Waals surface area contributed by atoms with E-state index in [1.54, 1.807) is 0 Å². The van der Waals surface area contributed by atoms with Crippen LogP contribution in [-0.2, 0) is 0 Å². The van der Waals surface area contributed by atoms with Crippen molar-refractivity contribution in [2.75, 3.05) is 13.1 Å². The van der Waals surface area contributed by atoms with E-state index in [1.165, 1.54) is 23.7 Å². The number of piperidine rings is 1. The molecule has 1 aliphatic heterocycles. The van der Waals surface area contributed by atoms with Crippen molar-refractivity contribution < 1.29 is 0 Å². The van der Waals surface area contributed by atoms with Gasteiger partial charge in [0, 0.05) is 5.39 Å². The van der Waals surface area contributed by atoms with Crippen molar-refractivity contribution in [3.05, 3.63) is 30.0 Å². The van der Waals surface area contributed by atoms with Gasteiger partial charge >= 0.3 is 0 Å². The maximum absolute atomic E-state index is 4.70. The number of fused-ring (bicyclic) bond motifs is 1. The molecule has 1 fully saturated rings. The minimum absolute atomic E-state index is 0.569. The number of nitrogens with one attached hydrogen (secondary N) is 1. The minimum Gasteiger partial charge on any atom is -0.317 e. The van der Waals surface area contributed by atoms with Gasteiger partial charge in [-0.1, -0.05) is 18.2 Å². The number of para-hydroxylation sites is 1. The van der Waals surface area contributed by atoms with E-state index in [9.17, 15) is 0 Å². The summed E-state index contributed by atoms with van der Waals surface area (Å²) in [5, 5.41) is 9.39. The smallest absolute Gasteiger partial charge is 0.0688 e. The lowest BCUT2D eigenvalue weighted by Crippen LogP contribution is -2.29. The van der Waals surface area contributed by atoms with E-state index >= 15 is 0 Å². The monoisotopic (exact) mass is 215 g/mol. The third-order valence-corrected chi connectivity index (χ3v) is 3.45. The van der Waals surface area contributed by atoms with Crippen LogP contribution in [-0.4, -0.2) is 22.9 Å². The highest BCUT2D eigenvalue weighted by Gasteiger charge is 2.18. The van der Waals surface area contributed by atoms with Gasteiger partial charge in [-0.15, -0.1) is 0 Å². The molecule has 0 atom stereocenters. The number of nitrogens with zero attached hydrogens (tertiary/aromatic N) is 2. The molecule has 0 spiro atoms. The summed E-state index contributed by atoms with van der Waals surface area (Å²) in [5.41, 5.74) is 2.43. The molecule has 2 heterocycles. The van der Waals surface area contributed by atoms with Crippen molar-refractivity contribution in [1.29, 1.82) is 0 Å². The molecule has 1 saturated heterocycles. The predicted molar refractivity (Wildman–Crippen MR) is 65.6 cm³/mol. The summed E-state index contributed by atoms with van der Waals surface area (Å²) < 4.78 is 2.23. The first-order chi connectivity index (χ1) is 7.86. The van der Waals surface area contributed by atoms with E-state index in [4.69, 9.17) is 5.10 Å². The van der Waals surface area contributed by atoms with Gasteiger partial charge in [-0.3, -0.25) is 4.68 Å². The summed E-state index contributed by atoms with van der Waals surface area (Å²) in [6.45, 7) is 4.32. The Bertz CT molecular complexity index is 495. The molecule has 1 aromatic carbocycles. The summed E-state index contributed by atoms with van der Waals surface area (Å²) in [4.78, 5) is 0. The van der Waals surface area contributed by atoms with Gasteiger partial charge in [0.25, 0.3) is 0 Å². The minimum atomic E-state index is 0.569. The molecule has 3 nitrogen and oxygen atoms in total. The molecule has 0 aliphatic carbocycles. The molecular weight excluding hydrogens is 198 g/mol. The Kier molecular flexibility index (Phi) is 2.40. The molecule has 0 amide bonds. The molecule has 3 heteroatoms. The average Bonchev–Trinajstić information content (AvgIpc) is 2.69. The van der Waals surface area contributed by atoms with Crippen molar-refractivity contribution in [2.45, 2.75) is 25.8 Å². The van der Waals surface area contributed by atoms with E-state index in [0.717, 1.165) is 18.8 Å². The van der Waals surface area contributed by atoms with Gasteiger partial charge in [0.2, 0.25) is 0 Å². The largest absolute Gasteiger partial charge is 0.317 e. The maximum Gasteiger partial charge on any atom is 0.0688 e. The van der Waals surface area contributed by atoms with Gasteiger partial charge < -0.3 is 5.32 Å². The Morgan fingerprint density at radius 1 is 1.25 bits per heavy atom. The van der Waals surface area contributed by atoms with Crippen LogP contribution in [0.5, 0.6) is 0 Å². The van der Waals surface area contributed by atoms with Crippen LogP contribution in [0.25, 0.3) is 10.9 Å². The van der Waals surface area contributed by atoms with E-state index in [1.807, 2.05) is 0 Å². The van der Waals surface area contributed by atoms with Gasteiger partial charge in [-0.05, 0) is 38.9 Å². The SMILES string of the molecule is Cc1nn(C2CCNCC2)c2ccccc12. The predicted octanol–water partition coefficient (Wildman–Crippen LogP) is 2.27. The third kappa shape index (κ3) is 1.52. The van der Waals surface area contributed by atoms with Crippen LogP contribution in [0.3, 0.4) is 0 Å². The summed E-state index contributed by atoms with van der Waals surface area (Å²) in [6, 6.07) is 9.09. The van der Waals surface area contributed by atoms with Gasteiger partial charge in [-0.2, -0.15) is 5.10 Å². The summed E-state index contributed by atoms with van der Waals surface area (Å²) in [5.74, 6) is 0. The summed E-state index contributed by atoms with van der Waals surface area (Å²) in [7, 11) is 0.